The van der Waals surface area contributed by atoms with Crippen LogP contribution in [0, 0.1) is 0 Å². The van der Waals surface area contributed by atoms with Crippen molar-refractivity contribution in [1.29, 1.82) is 0 Å². The van der Waals surface area contributed by atoms with Crippen molar-refractivity contribution < 1.29 is 9.53 Å². The molecule has 2 aromatic rings. The van der Waals surface area contributed by atoms with Gasteiger partial charge in [-0.25, -0.2) is 0 Å². The van der Waals surface area contributed by atoms with Crippen LogP contribution in [0.2, 0.25) is 10.0 Å². The summed E-state index contributed by atoms with van der Waals surface area (Å²) in [5.41, 5.74) is 0.981. The molecule has 0 aliphatic heterocycles. The van der Waals surface area contributed by atoms with Crippen LogP contribution >= 0.6 is 23.2 Å². The summed E-state index contributed by atoms with van der Waals surface area (Å²) in [5.74, 6) is 0.422. The lowest BCUT2D eigenvalue weighted by molar-refractivity contribution is -0.123. The van der Waals surface area contributed by atoms with Gasteiger partial charge < -0.3 is 10.1 Å². The molecule has 0 aliphatic carbocycles. The molecular formula is C15H13Cl2NO2. The molecule has 0 bridgehead atoms. The molecule has 0 saturated carbocycles. The van der Waals surface area contributed by atoms with E-state index in [0.29, 0.717) is 22.3 Å². The standard InChI is InChI=1S/C15H13Cl2NO2/c16-12-3-1-11(2-4-12)9-18-15(19)10-20-14-7-5-13(17)6-8-14/h1-8H,9-10H2,(H,18,19). The van der Waals surface area contributed by atoms with Gasteiger partial charge in [0.15, 0.2) is 6.61 Å². The maximum absolute atomic E-state index is 11.6. The average molecular weight is 310 g/mol. The molecule has 2 rings (SSSR count). The van der Waals surface area contributed by atoms with E-state index in [2.05, 4.69) is 5.32 Å². The normalized spacial score (nSPS) is 10.1. The maximum Gasteiger partial charge on any atom is 0.258 e. The van der Waals surface area contributed by atoms with Crippen molar-refractivity contribution >= 4 is 29.1 Å². The molecule has 0 radical (unpaired) electrons. The van der Waals surface area contributed by atoms with Gasteiger partial charge in [-0.1, -0.05) is 35.3 Å². The van der Waals surface area contributed by atoms with Crippen molar-refractivity contribution in [1.82, 2.24) is 5.32 Å². The topological polar surface area (TPSA) is 38.3 Å². The number of amides is 1. The van der Waals surface area contributed by atoms with E-state index in [1.165, 1.54) is 0 Å². The van der Waals surface area contributed by atoms with Crippen molar-refractivity contribution in [3.63, 3.8) is 0 Å². The highest BCUT2D eigenvalue weighted by molar-refractivity contribution is 6.30. The second-order valence-electron chi connectivity index (χ2n) is 4.15. The van der Waals surface area contributed by atoms with Crippen LogP contribution in [0.5, 0.6) is 5.75 Å². The van der Waals surface area contributed by atoms with Gasteiger partial charge in [-0.05, 0) is 42.0 Å². The van der Waals surface area contributed by atoms with Gasteiger partial charge in [0.25, 0.3) is 5.91 Å². The quantitative estimate of drug-likeness (QED) is 0.914. The van der Waals surface area contributed by atoms with E-state index >= 15 is 0 Å². The third-order valence-corrected chi connectivity index (χ3v) is 3.09. The number of hydrogen-bond donors (Lipinski definition) is 1. The Morgan fingerprint density at radius 3 is 2.10 bits per heavy atom. The van der Waals surface area contributed by atoms with Crippen molar-refractivity contribution in [2.24, 2.45) is 0 Å². The predicted octanol–water partition coefficient (Wildman–Crippen LogP) is 3.69. The summed E-state index contributed by atoms with van der Waals surface area (Å²) in [6.07, 6.45) is 0. The van der Waals surface area contributed by atoms with Crippen molar-refractivity contribution in [2.45, 2.75) is 6.54 Å². The Balaban J connectivity index is 1.75. The smallest absolute Gasteiger partial charge is 0.258 e. The maximum atomic E-state index is 11.6. The monoisotopic (exact) mass is 309 g/mol. The zero-order valence-corrected chi connectivity index (χ0v) is 12.1. The molecular weight excluding hydrogens is 297 g/mol. The van der Waals surface area contributed by atoms with E-state index in [1.807, 2.05) is 12.1 Å². The van der Waals surface area contributed by atoms with Crippen LogP contribution in [0.3, 0.4) is 0 Å². The first-order chi connectivity index (χ1) is 9.63. The summed E-state index contributed by atoms with van der Waals surface area (Å²) in [4.78, 5) is 11.6. The molecule has 5 heteroatoms. The minimum Gasteiger partial charge on any atom is -0.484 e. The molecule has 0 aromatic heterocycles. The highest BCUT2D eigenvalue weighted by atomic mass is 35.5. The first kappa shape index (κ1) is 14.7. The van der Waals surface area contributed by atoms with Crippen molar-refractivity contribution in [3.8, 4) is 5.75 Å². The molecule has 20 heavy (non-hydrogen) atoms. The van der Waals surface area contributed by atoms with Gasteiger partial charge in [-0.15, -0.1) is 0 Å². The van der Waals surface area contributed by atoms with Gasteiger partial charge in [0, 0.05) is 16.6 Å². The number of carbonyl (C=O) groups is 1. The van der Waals surface area contributed by atoms with Crippen molar-refractivity contribution in [3.05, 3.63) is 64.1 Å². The minimum absolute atomic E-state index is 0.0325. The zero-order valence-electron chi connectivity index (χ0n) is 10.6. The van der Waals surface area contributed by atoms with Gasteiger partial charge in [0.1, 0.15) is 5.75 Å². The number of ether oxygens (including phenoxy) is 1. The summed E-state index contributed by atoms with van der Waals surface area (Å²) in [6.45, 7) is 0.412. The second kappa shape index (κ2) is 7.17. The van der Waals surface area contributed by atoms with Crippen LogP contribution in [0.1, 0.15) is 5.56 Å². The number of hydrogen-bond acceptors (Lipinski definition) is 2. The summed E-state index contributed by atoms with van der Waals surface area (Å²) in [5, 5.41) is 4.07. The third kappa shape index (κ3) is 4.76. The molecule has 0 saturated heterocycles. The number of rotatable bonds is 5. The van der Waals surface area contributed by atoms with E-state index in [9.17, 15) is 4.79 Å². The van der Waals surface area contributed by atoms with Crippen LogP contribution in [-0.4, -0.2) is 12.5 Å². The average Bonchev–Trinajstić information content (AvgIpc) is 2.46. The summed E-state index contributed by atoms with van der Waals surface area (Å²) < 4.78 is 5.34. The van der Waals surface area contributed by atoms with Gasteiger partial charge in [0.2, 0.25) is 0 Å². The first-order valence-corrected chi connectivity index (χ1v) is 6.78. The lowest BCUT2D eigenvalue weighted by Gasteiger charge is -2.07. The molecule has 0 heterocycles. The molecule has 0 spiro atoms. The largest absolute Gasteiger partial charge is 0.484 e. The van der Waals surface area contributed by atoms with Crippen LogP contribution in [0.15, 0.2) is 48.5 Å². The number of benzene rings is 2. The van der Waals surface area contributed by atoms with Gasteiger partial charge in [-0.2, -0.15) is 0 Å². The fraction of sp³-hybridized carbons (Fsp3) is 0.133. The Morgan fingerprint density at radius 1 is 0.950 bits per heavy atom. The Hall–Kier alpha value is -1.71. The summed E-state index contributed by atoms with van der Waals surface area (Å²) in [7, 11) is 0. The van der Waals surface area contributed by atoms with Gasteiger partial charge in [-0.3, -0.25) is 4.79 Å². The van der Waals surface area contributed by atoms with Crippen LogP contribution < -0.4 is 10.1 Å². The highest BCUT2D eigenvalue weighted by Crippen LogP contribution is 2.15. The lowest BCUT2D eigenvalue weighted by atomic mass is 10.2. The summed E-state index contributed by atoms with van der Waals surface area (Å²) >= 11 is 11.5. The van der Waals surface area contributed by atoms with Gasteiger partial charge in [0.05, 0.1) is 0 Å². The van der Waals surface area contributed by atoms with E-state index in [4.69, 9.17) is 27.9 Å². The molecule has 1 amide bonds. The third-order valence-electron chi connectivity index (χ3n) is 2.59. The number of carbonyl (C=O) groups excluding carboxylic acids is 1. The molecule has 104 valence electrons. The Morgan fingerprint density at radius 2 is 1.50 bits per heavy atom. The molecule has 0 unspecified atom stereocenters. The van der Waals surface area contributed by atoms with Gasteiger partial charge >= 0.3 is 0 Å². The van der Waals surface area contributed by atoms with E-state index in [1.54, 1.807) is 36.4 Å². The zero-order chi connectivity index (χ0) is 14.4. The Bertz CT molecular complexity index is 516. The number of halogens is 2. The Kier molecular flexibility index (Phi) is 5.27. The molecule has 0 atom stereocenters. The Labute approximate surface area is 127 Å². The van der Waals surface area contributed by atoms with E-state index in [0.717, 1.165) is 5.56 Å². The lowest BCUT2D eigenvalue weighted by Crippen LogP contribution is -2.28. The van der Waals surface area contributed by atoms with Crippen LogP contribution in [0.25, 0.3) is 0 Å². The molecule has 2 aromatic carbocycles. The SMILES string of the molecule is O=C(COc1ccc(Cl)cc1)NCc1ccc(Cl)cc1. The number of nitrogens with one attached hydrogen (secondary N) is 1. The fourth-order valence-corrected chi connectivity index (χ4v) is 1.79. The first-order valence-electron chi connectivity index (χ1n) is 6.03. The molecule has 1 N–H and O–H groups in total. The summed E-state index contributed by atoms with van der Waals surface area (Å²) in [6, 6.07) is 14.2. The molecule has 0 fully saturated rings. The predicted molar refractivity (Wildman–Crippen MR) is 80.2 cm³/mol. The molecule has 0 aliphatic rings. The van der Waals surface area contributed by atoms with E-state index in [-0.39, 0.29) is 12.5 Å². The molecule has 3 nitrogen and oxygen atoms in total. The van der Waals surface area contributed by atoms with Crippen LogP contribution in [-0.2, 0) is 11.3 Å². The highest BCUT2D eigenvalue weighted by Gasteiger charge is 2.03. The fourth-order valence-electron chi connectivity index (χ4n) is 1.53. The van der Waals surface area contributed by atoms with Crippen LogP contribution in [0.4, 0.5) is 0 Å². The van der Waals surface area contributed by atoms with E-state index < -0.39 is 0 Å². The second-order valence-corrected chi connectivity index (χ2v) is 5.02. The minimum atomic E-state index is -0.185. The van der Waals surface area contributed by atoms with Crippen molar-refractivity contribution in [2.75, 3.05) is 6.61 Å².